The van der Waals surface area contributed by atoms with Gasteiger partial charge in [0.2, 0.25) is 0 Å². The number of hydrogen-bond donors (Lipinski definition) is 0. The summed E-state index contributed by atoms with van der Waals surface area (Å²) in [5.41, 5.74) is 0.420. The van der Waals surface area contributed by atoms with E-state index < -0.39 is 11.6 Å². The van der Waals surface area contributed by atoms with Crippen molar-refractivity contribution in [1.29, 1.82) is 0 Å². The van der Waals surface area contributed by atoms with E-state index in [1.807, 2.05) is 0 Å². The molecule has 0 amide bonds. The molecule has 2 rings (SSSR count). The van der Waals surface area contributed by atoms with Gasteiger partial charge in [0.15, 0.2) is 0 Å². The van der Waals surface area contributed by atoms with Gasteiger partial charge in [-0.05, 0) is 31.2 Å². The van der Waals surface area contributed by atoms with Crippen LogP contribution in [0.1, 0.15) is 12.6 Å². The van der Waals surface area contributed by atoms with Crippen LogP contribution in [0.2, 0.25) is 0 Å². The van der Waals surface area contributed by atoms with Gasteiger partial charge in [-0.1, -0.05) is 0 Å². The summed E-state index contributed by atoms with van der Waals surface area (Å²) in [6, 6.07) is 5.07. The first kappa shape index (κ1) is 10.7. The minimum atomic E-state index is -0.582. The fourth-order valence-electron chi connectivity index (χ4n) is 1.54. The lowest BCUT2D eigenvalue weighted by molar-refractivity contribution is -0.116. The van der Waals surface area contributed by atoms with Crippen molar-refractivity contribution in [3.05, 3.63) is 41.6 Å². The van der Waals surface area contributed by atoms with Crippen LogP contribution >= 0.6 is 0 Å². The summed E-state index contributed by atoms with van der Waals surface area (Å²) < 4.78 is 26.7. The number of fused-ring (bicyclic) bond motifs is 1. The Morgan fingerprint density at radius 3 is 2.56 bits per heavy atom. The third-order valence-corrected chi connectivity index (χ3v) is 2.24. The predicted molar refractivity (Wildman–Crippen MR) is 56.0 cm³/mol. The van der Waals surface area contributed by atoms with Gasteiger partial charge < -0.3 is 0 Å². The fraction of sp³-hybridized carbons (Fsp3) is 0.167. The average Bonchev–Trinajstić information content (AvgIpc) is 2.23. The third kappa shape index (κ3) is 1.91. The molecule has 0 saturated heterocycles. The lowest BCUT2D eigenvalue weighted by Gasteiger charge is -2.03. The Labute approximate surface area is 90.9 Å². The molecule has 1 aromatic carbocycles. The van der Waals surface area contributed by atoms with Crippen molar-refractivity contribution in [2.75, 3.05) is 0 Å². The molecule has 82 valence electrons. The number of carbonyl (C=O) groups excluding carboxylic acids is 1. The van der Waals surface area contributed by atoms with Gasteiger partial charge in [0.1, 0.15) is 22.9 Å². The molecule has 0 aliphatic heterocycles. The van der Waals surface area contributed by atoms with E-state index in [1.165, 1.54) is 19.1 Å². The van der Waals surface area contributed by atoms with Crippen LogP contribution in [0.4, 0.5) is 8.78 Å². The molecule has 0 saturated carbocycles. The number of halogens is 2. The maximum absolute atomic E-state index is 13.4. The second-order valence-electron chi connectivity index (χ2n) is 3.61. The zero-order valence-electron chi connectivity index (χ0n) is 8.63. The Kier molecular flexibility index (Phi) is 2.64. The average molecular weight is 221 g/mol. The number of benzene rings is 1. The predicted octanol–water partition coefficient (Wildman–Crippen LogP) is 2.64. The number of carbonyl (C=O) groups is 1. The molecule has 1 aromatic heterocycles. The highest BCUT2D eigenvalue weighted by molar-refractivity contribution is 5.82. The molecular weight excluding hydrogens is 212 g/mol. The summed E-state index contributed by atoms with van der Waals surface area (Å²) in [7, 11) is 0. The van der Waals surface area contributed by atoms with E-state index in [0.717, 1.165) is 12.1 Å². The Balaban J connectivity index is 2.61. The quantitative estimate of drug-likeness (QED) is 0.780. The minimum absolute atomic E-state index is 0.0289. The number of rotatable bonds is 2. The van der Waals surface area contributed by atoms with Crippen LogP contribution in [0.5, 0.6) is 0 Å². The number of Topliss-reactive ketones (excluding diaryl/α,β-unsaturated/α-hetero) is 1. The van der Waals surface area contributed by atoms with Crippen molar-refractivity contribution >= 4 is 16.7 Å². The van der Waals surface area contributed by atoms with Crippen molar-refractivity contribution < 1.29 is 13.6 Å². The van der Waals surface area contributed by atoms with Gasteiger partial charge in [0, 0.05) is 17.5 Å². The molecule has 0 spiro atoms. The second-order valence-corrected chi connectivity index (χ2v) is 3.61. The van der Waals surface area contributed by atoms with Crippen LogP contribution in [0.3, 0.4) is 0 Å². The summed E-state index contributed by atoms with van der Waals surface area (Å²) >= 11 is 0. The molecule has 2 nitrogen and oxygen atoms in total. The summed E-state index contributed by atoms with van der Waals surface area (Å²) in [5, 5.41) is 0.132. The molecule has 0 radical (unpaired) electrons. The molecule has 0 bridgehead atoms. The maximum Gasteiger partial charge on any atom is 0.149 e. The van der Waals surface area contributed by atoms with Gasteiger partial charge >= 0.3 is 0 Å². The topological polar surface area (TPSA) is 30.0 Å². The number of pyridine rings is 1. The van der Waals surface area contributed by atoms with Crippen molar-refractivity contribution in [1.82, 2.24) is 4.98 Å². The van der Waals surface area contributed by atoms with Gasteiger partial charge in [-0.2, -0.15) is 0 Å². The fourth-order valence-corrected chi connectivity index (χ4v) is 1.54. The van der Waals surface area contributed by atoms with E-state index in [0.29, 0.717) is 5.69 Å². The lowest BCUT2D eigenvalue weighted by Crippen LogP contribution is -2.00. The van der Waals surface area contributed by atoms with Crippen LogP contribution < -0.4 is 0 Å². The van der Waals surface area contributed by atoms with Crippen molar-refractivity contribution in [3.8, 4) is 0 Å². The first-order chi connectivity index (χ1) is 7.58. The monoisotopic (exact) mass is 221 g/mol. The van der Waals surface area contributed by atoms with Crippen molar-refractivity contribution in [2.45, 2.75) is 13.3 Å². The maximum atomic E-state index is 13.4. The summed E-state index contributed by atoms with van der Waals surface area (Å²) in [5.74, 6) is -1.16. The first-order valence-corrected chi connectivity index (χ1v) is 4.81. The van der Waals surface area contributed by atoms with Crippen molar-refractivity contribution in [2.24, 2.45) is 0 Å². The largest absolute Gasteiger partial charge is 0.300 e. The molecule has 0 unspecified atom stereocenters. The highest BCUT2D eigenvalue weighted by Gasteiger charge is 2.08. The van der Waals surface area contributed by atoms with E-state index in [2.05, 4.69) is 4.98 Å². The Bertz CT molecular complexity index is 566. The smallest absolute Gasteiger partial charge is 0.149 e. The molecule has 0 fully saturated rings. The summed E-state index contributed by atoms with van der Waals surface area (Å²) in [4.78, 5) is 14.8. The van der Waals surface area contributed by atoms with Crippen LogP contribution in [-0.2, 0) is 11.2 Å². The molecule has 1 heterocycles. The molecule has 0 N–H and O–H groups in total. The van der Waals surface area contributed by atoms with Crippen molar-refractivity contribution in [3.63, 3.8) is 0 Å². The van der Waals surface area contributed by atoms with Crippen LogP contribution in [0.15, 0.2) is 24.3 Å². The molecular formula is C12H9F2NO. The summed E-state index contributed by atoms with van der Waals surface area (Å²) in [6.07, 6.45) is 0.131. The number of aromatic nitrogens is 1. The van der Waals surface area contributed by atoms with Gasteiger partial charge in [-0.3, -0.25) is 4.79 Å². The first-order valence-electron chi connectivity index (χ1n) is 4.81. The van der Waals surface area contributed by atoms with E-state index >= 15 is 0 Å². The molecule has 16 heavy (non-hydrogen) atoms. The molecule has 4 heteroatoms. The SMILES string of the molecule is CC(=O)Cc1ccc2c(F)ccc(F)c2n1. The summed E-state index contributed by atoms with van der Waals surface area (Å²) in [6.45, 7) is 1.42. The van der Waals surface area contributed by atoms with E-state index in [9.17, 15) is 13.6 Å². The molecule has 0 aliphatic carbocycles. The zero-order valence-corrected chi connectivity index (χ0v) is 8.63. The normalized spacial score (nSPS) is 10.7. The van der Waals surface area contributed by atoms with E-state index in [-0.39, 0.29) is 23.1 Å². The van der Waals surface area contributed by atoms with Gasteiger partial charge in [-0.15, -0.1) is 0 Å². The minimum Gasteiger partial charge on any atom is -0.300 e. The second kappa shape index (κ2) is 3.96. The number of ketones is 1. The highest BCUT2D eigenvalue weighted by atomic mass is 19.1. The molecule has 0 atom stereocenters. The van der Waals surface area contributed by atoms with E-state index in [1.54, 1.807) is 0 Å². The lowest BCUT2D eigenvalue weighted by atomic mass is 10.1. The van der Waals surface area contributed by atoms with Gasteiger partial charge in [0.25, 0.3) is 0 Å². The Hall–Kier alpha value is -1.84. The Morgan fingerprint density at radius 1 is 1.19 bits per heavy atom. The third-order valence-electron chi connectivity index (χ3n) is 2.24. The van der Waals surface area contributed by atoms with E-state index in [4.69, 9.17) is 0 Å². The zero-order chi connectivity index (χ0) is 11.7. The van der Waals surface area contributed by atoms with Crippen LogP contribution in [0, 0.1) is 11.6 Å². The number of hydrogen-bond acceptors (Lipinski definition) is 2. The Morgan fingerprint density at radius 2 is 1.88 bits per heavy atom. The standard InChI is InChI=1S/C12H9F2NO/c1-7(16)6-8-2-3-9-10(13)4-5-11(14)12(9)15-8/h2-5H,6H2,1H3. The molecule has 2 aromatic rings. The van der Waals surface area contributed by atoms with Gasteiger partial charge in [0.05, 0.1) is 0 Å². The van der Waals surface area contributed by atoms with Gasteiger partial charge in [-0.25, -0.2) is 13.8 Å². The highest BCUT2D eigenvalue weighted by Crippen LogP contribution is 2.19. The number of nitrogens with zero attached hydrogens (tertiary/aromatic N) is 1. The van der Waals surface area contributed by atoms with Crippen LogP contribution in [-0.4, -0.2) is 10.8 Å². The molecule has 0 aliphatic rings. The van der Waals surface area contributed by atoms with Crippen LogP contribution in [0.25, 0.3) is 10.9 Å².